The zero-order valence-electron chi connectivity index (χ0n) is 14.9. The number of rotatable bonds is 5. The summed E-state index contributed by atoms with van der Waals surface area (Å²) >= 11 is 7.41. The van der Waals surface area contributed by atoms with Crippen molar-refractivity contribution in [1.29, 1.82) is 0 Å². The quantitative estimate of drug-likeness (QED) is 0.697. The fourth-order valence-electron chi connectivity index (χ4n) is 3.82. The molecule has 1 amide bonds. The van der Waals surface area contributed by atoms with Gasteiger partial charge in [-0.2, -0.15) is 0 Å². The van der Waals surface area contributed by atoms with Crippen LogP contribution in [0.2, 0.25) is 5.02 Å². The maximum Gasteiger partial charge on any atom is 0.311 e. The zero-order valence-corrected chi connectivity index (χ0v) is 16.5. The predicted octanol–water partition coefficient (Wildman–Crippen LogP) is 4.30. The van der Waals surface area contributed by atoms with E-state index in [1.54, 1.807) is 0 Å². The molecule has 0 spiro atoms. The van der Waals surface area contributed by atoms with Gasteiger partial charge in [0, 0.05) is 35.0 Å². The van der Waals surface area contributed by atoms with E-state index in [0.717, 1.165) is 29.1 Å². The van der Waals surface area contributed by atoms with E-state index in [0.29, 0.717) is 17.6 Å². The predicted molar refractivity (Wildman–Crippen MR) is 104 cm³/mol. The number of nitrogens with zero attached hydrogens (tertiary/aromatic N) is 2. The van der Waals surface area contributed by atoms with Gasteiger partial charge in [0.05, 0.1) is 11.6 Å². The minimum absolute atomic E-state index is 0.0857. The topological polar surface area (TPSA) is 59.5 Å². The number of ether oxygens (including phenoxy) is 1. The van der Waals surface area contributed by atoms with Crippen LogP contribution in [0.5, 0.6) is 0 Å². The summed E-state index contributed by atoms with van der Waals surface area (Å²) in [5, 5.41) is 3.44. The molecule has 0 unspecified atom stereocenters. The van der Waals surface area contributed by atoms with Crippen LogP contribution < -0.4 is 0 Å². The highest BCUT2D eigenvalue weighted by atomic mass is 35.5. The Balaban J connectivity index is 1.32. The smallest absolute Gasteiger partial charge is 0.311 e. The van der Waals surface area contributed by atoms with Crippen LogP contribution in [0.4, 0.5) is 0 Å². The van der Waals surface area contributed by atoms with Crippen LogP contribution in [0.15, 0.2) is 29.6 Å². The molecule has 4 rings (SSSR count). The fourth-order valence-corrected chi connectivity index (χ4v) is 4.76. The van der Waals surface area contributed by atoms with Crippen LogP contribution in [-0.4, -0.2) is 34.3 Å². The highest BCUT2D eigenvalue weighted by Crippen LogP contribution is 2.30. The second kappa shape index (κ2) is 7.98. The number of halogens is 1. The summed E-state index contributed by atoms with van der Waals surface area (Å²) in [6.07, 6.45) is 4.72. The van der Waals surface area contributed by atoms with E-state index >= 15 is 0 Å². The van der Waals surface area contributed by atoms with Crippen molar-refractivity contribution in [3.63, 3.8) is 0 Å². The van der Waals surface area contributed by atoms with Crippen molar-refractivity contribution in [2.75, 3.05) is 6.54 Å². The molecule has 1 aromatic heterocycles. The lowest BCUT2D eigenvalue weighted by Gasteiger charge is -2.23. The van der Waals surface area contributed by atoms with Crippen LogP contribution in [-0.2, 0) is 20.9 Å². The molecule has 1 atom stereocenters. The van der Waals surface area contributed by atoms with E-state index < -0.39 is 0 Å². The van der Waals surface area contributed by atoms with Crippen molar-refractivity contribution in [3.05, 3.63) is 40.4 Å². The van der Waals surface area contributed by atoms with Crippen molar-refractivity contribution in [3.8, 4) is 10.6 Å². The summed E-state index contributed by atoms with van der Waals surface area (Å²) in [4.78, 5) is 31.0. The average Bonchev–Trinajstić information content (AvgIpc) is 3.41. The Labute approximate surface area is 167 Å². The largest absolute Gasteiger partial charge is 0.459 e. The molecule has 1 saturated heterocycles. The third-order valence-corrected chi connectivity index (χ3v) is 6.45. The van der Waals surface area contributed by atoms with Gasteiger partial charge in [-0.05, 0) is 25.0 Å². The Kier molecular flexibility index (Phi) is 5.45. The van der Waals surface area contributed by atoms with Crippen molar-refractivity contribution in [2.24, 2.45) is 5.92 Å². The summed E-state index contributed by atoms with van der Waals surface area (Å²) in [5.74, 6) is -0.570. The van der Waals surface area contributed by atoms with E-state index in [2.05, 4.69) is 4.98 Å². The van der Waals surface area contributed by atoms with E-state index in [1.807, 2.05) is 34.5 Å². The highest BCUT2D eigenvalue weighted by Gasteiger charge is 2.39. The molecule has 5 nitrogen and oxygen atoms in total. The molecular weight excluding hydrogens is 384 g/mol. The number of hydrogen-bond acceptors (Lipinski definition) is 5. The third-order valence-electron chi connectivity index (χ3n) is 5.26. The van der Waals surface area contributed by atoms with E-state index in [-0.39, 0.29) is 30.8 Å². The summed E-state index contributed by atoms with van der Waals surface area (Å²) in [6, 6.07) is 7.80. The number of likely N-dealkylation sites (tertiary alicyclic amines) is 1. The van der Waals surface area contributed by atoms with Gasteiger partial charge in [0.25, 0.3) is 0 Å². The van der Waals surface area contributed by atoms with Gasteiger partial charge in [-0.25, -0.2) is 4.98 Å². The lowest BCUT2D eigenvalue weighted by atomic mass is 10.1. The van der Waals surface area contributed by atoms with E-state index in [9.17, 15) is 9.59 Å². The van der Waals surface area contributed by atoms with Gasteiger partial charge in [-0.15, -0.1) is 11.3 Å². The normalized spacial score (nSPS) is 20.4. The maximum absolute atomic E-state index is 12.4. The standard InChI is InChI=1S/C20H21ClN2O3S/c21-15-7-5-13(6-8-15)19-22-16(12-27-19)11-26-20(25)14-9-18(24)23(10-14)17-3-1-2-4-17/h5-8,12,14,17H,1-4,9-11H2/t14-/m1/s1. The molecular formula is C20H21ClN2O3S. The van der Waals surface area contributed by atoms with Crippen LogP contribution in [0, 0.1) is 5.92 Å². The van der Waals surface area contributed by atoms with Crippen LogP contribution in [0.25, 0.3) is 10.6 Å². The number of esters is 1. The van der Waals surface area contributed by atoms with Crippen molar-refractivity contribution < 1.29 is 14.3 Å². The molecule has 1 aliphatic carbocycles. The summed E-state index contributed by atoms with van der Waals surface area (Å²) in [5.41, 5.74) is 1.70. The number of carbonyl (C=O) groups is 2. The van der Waals surface area contributed by atoms with Gasteiger partial charge in [-0.1, -0.05) is 36.6 Å². The minimum atomic E-state index is -0.354. The molecule has 1 aliphatic heterocycles. The maximum atomic E-state index is 12.4. The number of carbonyl (C=O) groups excluding carboxylic acids is 2. The Morgan fingerprint density at radius 3 is 2.74 bits per heavy atom. The molecule has 7 heteroatoms. The molecule has 142 valence electrons. The number of thiazole rings is 1. The molecule has 2 fully saturated rings. The lowest BCUT2D eigenvalue weighted by Crippen LogP contribution is -2.35. The van der Waals surface area contributed by atoms with Crippen molar-refractivity contribution in [1.82, 2.24) is 9.88 Å². The summed E-state index contributed by atoms with van der Waals surface area (Å²) < 4.78 is 5.44. The minimum Gasteiger partial charge on any atom is -0.459 e. The molecule has 2 heterocycles. The molecule has 1 aromatic carbocycles. The first-order valence-corrected chi connectivity index (χ1v) is 10.5. The Morgan fingerprint density at radius 1 is 1.26 bits per heavy atom. The first-order valence-electron chi connectivity index (χ1n) is 9.26. The monoisotopic (exact) mass is 404 g/mol. The molecule has 27 heavy (non-hydrogen) atoms. The molecule has 0 radical (unpaired) electrons. The van der Waals surface area contributed by atoms with Crippen LogP contribution >= 0.6 is 22.9 Å². The fraction of sp³-hybridized carbons (Fsp3) is 0.450. The third kappa shape index (κ3) is 4.17. The van der Waals surface area contributed by atoms with E-state index in [4.69, 9.17) is 16.3 Å². The van der Waals surface area contributed by atoms with Gasteiger partial charge in [0.15, 0.2) is 0 Å². The Hall–Kier alpha value is -1.92. The molecule has 2 aromatic rings. The van der Waals surface area contributed by atoms with Gasteiger partial charge < -0.3 is 9.64 Å². The SMILES string of the molecule is O=C(OCc1csc(-c2ccc(Cl)cc2)n1)[C@@H]1CC(=O)N(C2CCCC2)C1. The van der Waals surface area contributed by atoms with Crippen LogP contribution in [0.3, 0.4) is 0 Å². The van der Waals surface area contributed by atoms with Crippen molar-refractivity contribution >= 4 is 34.8 Å². The highest BCUT2D eigenvalue weighted by molar-refractivity contribution is 7.13. The second-order valence-corrected chi connectivity index (χ2v) is 8.44. The first-order chi connectivity index (χ1) is 13.1. The first kappa shape index (κ1) is 18.4. The summed E-state index contributed by atoms with van der Waals surface area (Å²) in [6.45, 7) is 0.631. The lowest BCUT2D eigenvalue weighted by molar-refractivity contribution is -0.149. The van der Waals surface area contributed by atoms with Gasteiger partial charge in [0.2, 0.25) is 5.91 Å². The second-order valence-electron chi connectivity index (χ2n) is 7.14. The number of benzene rings is 1. The van der Waals surface area contributed by atoms with Gasteiger partial charge in [0.1, 0.15) is 11.6 Å². The summed E-state index contributed by atoms with van der Waals surface area (Å²) in [7, 11) is 0. The van der Waals surface area contributed by atoms with Gasteiger partial charge >= 0.3 is 5.97 Å². The molecule has 0 N–H and O–H groups in total. The number of aromatic nitrogens is 1. The van der Waals surface area contributed by atoms with E-state index in [1.165, 1.54) is 24.2 Å². The molecule has 0 bridgehead atoms. The number of amides is 1. The van der Waals surface area contributed by atoms with Crippen LogP contribution in [0.1, 0.15) is 37.8 Å². The zero-order chi connectivity index (χ0) is 18.8. The van der Waals surface area contributed by atoms with Crippen molar-refractivity contribution in [2.45, 2.75) is 44.8 Å². The number of hydrogen-bond donors (Lipinski definition) is 0. The Morgan fingerprint density at radius 2 is 2.00 bits per heavy atom. The van der Waals surface area contributed by atoms with Gasteiger partial charge in [-0.3, -0.25) is 9.59 Å². The molecule has 2 aliphatic rings. The average molecular weight is 405 g/mol. The Bertz CT molecular complexity index is 830. The molecule has 1 saturated carbocycles.